The molecule has 0 aliphatic carbocycles. The second-order valence-electron chi connectivity index (χ2n) is 10.1. The lowest BCUT2D eigenvalue weighted by Crippen LogP contribution is -2.43. The Morgan fingerprint density at radius 1 is 1.05 bits per heavy atom. The molecule has 1 aromatic carbocycles. The molecule has 3 aromatic rings. The SMILES string of the molecule is CCOc1ccccc1OC1CCCN(c2cncc(C3CC(C(N)=O)CCN3c3ncc(CC)cn3)n2)C1. The number of nitrogens with two attached hydrogens (primary N) is 1. The third kappa shape index (κ3) is 6.21. The van der Waals surface area contributed by atoms with Gasteiger partial charge in [-0.05, 0) is 56.7 Å². The number of hydrogen-bond donors (Lipinski definition) is 1. The molecule has 10 nitrogen and oxygen atoms in total. The Bertz CT molecular complexity index is 1260. The quantitative estimate of drug-likeness (QED) is 0.440. The molecule has 2 aliphatic heterocycles. The lowest BCUT2D eigenvalue weighted by Gasteiger charge is -2.38. The average Bonchev–Trinajstić information content (AvgIpc) is 2.98. The Morgan fingerprint density at radius 3 is 2.59 bits per heavy atom. The van der Waals surface area contributed by atoms with E-state index in [1.165, 1.54) is 0 Å². The van der Waals surface area contributed by atoms with Crippen LogP contribution in [0.3, 0.4) is 0 Å². The van der Waals surface area contributed by atoms with E-state index < -0.39 is 0 Å². The number of nitrogens with zero attached hydrogens (tertiary/aromatic N) is 6. The van der Waals surface area contributed by atoms with Gasteiger partial charge in [-0.2, -0.15) is 0 Å². The maximum absolute atomic E-state index is 12.1. The van der Waals surface area contributed by atoms with Crippen LogP contribution in [-0.4, -0.2) is 58.2 Å². The van der Waals surface area contributed by atoms with Gasteiger partial charge in [0.25, 0.3) is 0 Å². The Morgan fingerprint density at radius 2 is 1.85 bits per heavy atom. The Labute approximate surface area is 229 Å². The van der Waals surface area contributed by atoms with Gasteiger partial charge in [-0.1, -0.05) is 19.1 Å². The van der Waals surface area contributed by atoms with Crippen molar-refractivity contribution in [2.24, 2.45) is 11.7 Å². The van der Waals surface area contributed by atoms with Crippen molar-refractivity contribution in [3.05, 3.63) is 60.3 Å². The molecule has 0 saturated carbocycles. The summed E-state index contributed by atoms with van der Waals surface area (Å²) in [5.74, 6) is 2.43. The molecule has 5 rings (SSSR count). The van der Waals surface area contributed by atoms with Crippen LogP contribution >= 0.6 is 0 Å². The number of carbonyl (C=O) groups is 1. The van der Waals surface area contributed by atoms with E-state index in [0.717, 1.165) is 54.4 Å². The zero-order valence-corrected chi connectivity index (χ0v) is 22.7. The molecule has 4 heterocycles. The number of para-hydroxylation sites is 2. The molecule has 2 aliphatic rings. The highest BCUT2D eigenvalue weighted by Crippen LogP contribution is 2.36. The Balaban J connectivity index is 1.36. The van der Waals surface area contributed by atoms with Gasteiger partial charge >= 0.3 is 0 Å². The summed E-state index contributed by atoms with van der Waals surface area (Å²) < 4.78 is 12.1. The molecule has 3 atom stereocenters. The van der Waals surface area contributed by atoms with E-state index in [1.807, 2.05) is 43.6 Å². The number of aryl methyl sites for hydroxylation is 1. The van der Waals surface area contributed by atoms with Crippen LogP contribution in [0, 0.1) is 5.92 Å². The third-order valence-corrected chi connectivity index (χ3v) is 7.49. The number of amides is 1. The number of primary amides is 1. The summed E-state index contributed by atoms with van der Waals surface area (Å²) >= 11 is 0. The van der Waals surface area contributed by atoms with Crippen molar-refractivity contribution < 1.29 is 14.3 Å². The van der Waals surface area contributed by atoms with Crippen molar-refractivity contribution in [1.82, 2.24) is 19.9 Å². The fourth-order valence-corrected chi connectivity index (χ4v) is 5.35. The Hall–Kier alpha value is -3.95. The number of hydrogen-bond acceptors (Lipinski definition) is 9. The van der Waals surface area contributed by atoms with Crippen molar-refractivity contribution in [1.29, 1.82) is 0 Å². The molecule has 3 unspecified atom stereocenters. The molecular weight excluding hydrogens is 494 g/mol. The van der Waals surface area contributed by atoms with Gasteiger partial charge < -0.3 is 25.0 Å². The van der Waals surface area contributed by atoms with Crippen LogP contribution in [0.25, 0.3) is 0 Å². The van der Waals surface area contributed by atoms with Crippen LogP contribution in [0.1, 0.15) is 56.8 Å². The largest absolute Gasteiger partial charge is 0.490 e. The summed E-state index contributed by atoms with van der Waals surface area (Å²) in [5, 5.41) is 0. The van der Waals surface area contributed by atoms with Crippen LogP contribution in [0.15, 0.2) is 49.1 Å². The van der Waals surface area contributed by atoms with Gasteiger partial charge in [0.2, 0.25) is 11.9 Å². The van der Waals surface area contributed by atoms with E-state index in [2.05, 4.69) is 31.7 Å². The highest BCUT2D eigenvalue weighted by atomic mass is 16.5. The smallest absolute Gasteiger partial charge is 0.225 e. The highest BCUT2D eigenvalue weighted by Gasteiger charge is 2.35. The van der Waals surface area contributed by atoms with Gasteiger partial charge in [-0.3, -0.25) is 9.78 Å². The van der Waals surface area contributed by atoms with Crippen LogP contribution in [0.5, 0.6) is 11.5 Å². The first-order valence-corrected chi connectivity index (χ1v) is 13.9. The van der Waals surface area contributed by atoms with Gasteiger partial charge in [0.1, 0.15) is 11.9 Å². The van der Waals surface area contributed by atoms with Crippen LogP contribution in [0.2, 0.25) is 0 Å². The number of anilines is 2. The molecule has 1 amide bonds. The third-order valence-electron chi connectivity index (χ3n) is 7.49. The highest BCUT2D eigenvalue weighted by molar-refractivity contribution is 5.77. The lowest BCUT2D eigenvalue weighted by atomic mass is 9.89. The zero-order chi connectivity index (χ0) is 27.2. The first-order valence-electron chi connectivity index (χ1n) is 13.9. The lowest BCUT2D eigenvalue weighted by molar-refractivity contribution is -0.122. The predicted octanol–water partition coefficient (Wildman–Crippen LogP) is 3.72. The van der Waals surface area contributed by atoms with Crippen molar-refractivity contribution in [3.8, 4) is 11.5 Å². The minimum Gasteiger partial charge on any atom is -0.490 e. The van der Waals surface area contributed by atoms with Crippen molar-refractivity contribution in [2.45, 2.75) is 58.1 Å². The maximum atomic E-state index is 12.1. The number of piperidine rings is 2. The number of benzene rings is 1. The van der Waals surface area contributed by atoms with Crippen LogP contribution < -0.4 is 25.0 Å². The van der Waals surface area contributed by atoms with E-state index in [0.29, 0.717) is 38.5 Å². The predicted molar refractivity (Wildman–Crippen MR) is 149 cm³/mol. The van der Waals surface area contributed by atoms with Gasteiger partial charge in [0.15, 0.2) is 11.5 Å². The molecule has 2 fully saturated rings. The maximum Gasteiger partial charge on any atom is 0.225 e. The van der Waals surface area contributed by atoms with E-state index in [-0.39, 0.29) is 24.0 Å². The van der Waals surface area contributed by atoms with Crippen molar-refractivity contribution in [3.63, 3.8) is 0 Å². The normalized spacial score (nSPS) is 21.4. The van der Waals surface area contributed by atoms with E-state index >= 15 is 0 Å². The summed E-state index contributed by atoms with van der Waals surface area (Å²) in [6.45, 7) is 6.81. The minimum atomic E-state index is -0.283. The number of carbonyl (C=O) groups excluding carboxylic acids is 1. The van der Waals surface area contributed by atoms with Crippen molar-refractivity contribution >= 4 is 17.7 Å². The monoisotopic (exact) mass is 531 g/mol. The second kappa shape index (κ2) is 12.3. The zero-order valence-electron chi connectivity index (χ0n) is 22.7. The van der Waals surface area contributed by atoms with Crippen molar-refractivity contribution in [2.75, 3.05) is 36.0 Å². The number of aromatic nitrogens is 4. The molecule has 2 saturated heterocycles. The first kappa shape index (κ1) is 26.6. The molecule has 0 spiro atoms. The van der Waals surface area contributed by atoms with Crippen LogP contribution in [0.4, 0.5) is 11.8 Å². The van der Waals surface area contributed by atoms with Crippen LogP contribution in [-0.2, 0) is 11.2 Å². The van der Waals surface area contributed by atoms with Gasteiger partial charge in [0.05, 0.1) is 37.3 Å². The van der Waals surface area contributed by atoms with Gasteiger partial charge in [-0.25, -0.2) is 15.0 Å². The Kier molecular flexibility index (Phi) is 8.39. The molecule has 2 N–H and O–H groups in total. The topological polar surface area (TPSA) is 120 Å². The number of ether oxygens (including phenoxy) is 2. The summed E-state index contributed by atoms with van der Waals surface area (Å²) in [4.78, 5) is 35.3. The molecule has 0 bridgehead atoms. The summed E-state index contributed by atoms with van der Waals surface area (Å²) in [7, 11) is 0. The van der Waals surface area contributed by atoms with E-state index in [4.69, 9.17) is 20.2 Å². The van der Waals surface area contributed by atoms with Gasteiger partial charge in [-0.15, -0.1) is 0 Å². The molecule has 10 heteroatoms. The number of rotatable bonds is 9. The average molecular weight is 532 g/mol. The standard InChI is InChI=1S/C29H37N7O3/c1-3-20-15-32-29(33-16-20)36-13-11-21(28(30)37)14-24(36)23-17-31-18-27(34-23)35-12-7-8-22(19-35)39-26-10-6-5-9-25(26)38-4-2/h5-6,9-10,15-18,21-22,24H,3-4,7-8,11-14,19H2,1-2H3,(H2,30,37). The van der Waals surface area contributed by atoms with E-state index in [9.17, 15) is 4.79 Å². The fourth-order valence-electron chi connectivity index (χ4n) is 5.35. The summed E-state index contributed by atoms with van der Waals surface area (Å²) in [6, 6.07) is 7.59. The molecule has 206 valence electrons. The fraction of sp³-hybridized carbons (Fsp3) is 0.483. The van der Waals surface area contributed by atoms with Gasteiger partial charge in [0, 0.05) is 31.4 Å². The van der Waals surface area contributed by atoms with E-state index in [1.54, 1.807) is 12.4 Å². The molecule has 0 radical (unpaired) electrons. The second-order valence-corrected chi connectivity index (χ2v) is 10.1. The minimum absolute atomic E-state index is 0.00159. The summed E-state index contributed by atoms with van der Waals surface area (Å²) in [6.07, 6.45) is 11.3. The molecule has 2 aromatic heterocycles. The molecule has 39 heavy (non-hydrogen) atoms. The summed E-state index contributed by atoms with van der Waals surface area (Å²) in [5.41, 5.74) is 7.59. The first-order chi connectivity index (χ1) is 19.1. The molecular formula is C29H37N7O3.